The minimum Gasteiger partial charge on any atom is -0.480 e. The van der Waals surface area contributed by atoms with E-state index in [-0.39, 0.29) is 37.8 Å². The third kappa shape index (κ3) is 7.80. The van der Waals surface area contributed by atoms with Crippen LogP contribution in [0.4, 0.5) is 0 Å². The SMILES string of the molecule is CCOP(=O)(Cc1ccc(C(=O)N[C@H](CCC(=O)OC)C(=O)O)cc1)OCC. The standard InChI is InChI=1S/C18H26NO8P/c1-4-26-28(24,27-5-2)12-13-6-8-14(9-7-13)17(21)19-15(18(22)23)10-11-16(20)25-3/h6-9,15H,4-5,10-12H2,1-3H3,(H,19,21)(H,22,23)/t15-/m1/s1. The van der Waals surface area contributed by atoms with Gasteiger partial charge in [-0.2, -0.15) is 0 Å². The molecule has 0 bridgehead atoms. The number of hydrogen-bond donors (Lipinski definition) is 2. The molecular formula is C18H26NO8P. The molecule has 0 aliphatic rings. The highest BCUT2D eigenvalue weighted by atomic mass is 31.2. The van der Waals surface area contributed by atoms with E-state index < -0.39 is 31.5 Å². The number of benzene rings is 1. The summed E-state index contributed by atoms with van der Waals surface area (Å²) in [6.07, 6.45) is -0.151. The van der Waals surface area contributed by atoms with Crippen LogP contribution < -0.4 is 5.32 Å². The molecule has 1 atom stereocenters. The molecule has 9 nitrogen and oxygen atoms in total. The van der Waals surface area contributed by atoms with Gasteiger partial charge in [-0.3, -0.25) is 14.2 Å². The first kappa shape index (κ1) is 23.8. The lowest BCUT2D eigenvalue weighted by Gasteiger charge is -2.17. The second-order valence-electron chi connectivity index (χ2n) is 5.78. The first-order valence-electron chi connectivity index (χ1n) is 8.82. The Hall–Kier alpha value is -2.22. The van der Waals surface area contributed by atoms with Gasteiger partial charge in [-0.05, 0) is 38.0 Å². The number of esters is 1. The number of carboxylic acids is 1. The van der Waals surface area contributed by atoms with Crippen molar-refractivity contribution in [2.24, 2.45) is 0 Å². The first-order valence-corrected chi connectivity index (χ1v) is 10.5. The van der Waals surface area contributed by atoms with Crippen molar-refractivity contribution in [2.75, 3.05) is 20.3 Å². The number of hydrogen-bond acceptors (Lipinski definition) is 7. The Morgan fingerprint density at radius 3 is 2.14 bits per heavy atom. The molecule has 0 fully saturated rings. The van der Waals surface area contributed by atoms with Gasteiger partial charge in [-0.1, -0.05) is 12.1 Å². The molecule has 0 radical (unpaired) electrons. The number of carbonyl (C=O) groups excluding carboxylic acids is 2. The molecule has 2 N–H and O–H groups in total. The lowest BCUT2D eigenvalue weighted by Crippen LogP contribution is -2.41. The number of ether oxygens (including phenoxy) is 1. The van der Waals surface area contributed by atoms with Gasteiger partial charge in [0.2, 0.25) is 0 Å². The summed E-state index contributed by atoms with van der Waals surface area (Å²) in [5.41, 5.74) is 0.887. The number of amides is 1. The van der Waals surface area contributed by atoms with Crippen LogP contribution in [0.25, 0.3) is 0 Å². The number of carboxylic acid groups (broad SMARTS) is 1. The van der Waals surface area contributed by atoms with Crippen molar-refractivity contribution in [1.29, 1.82) is 0 Å². The molecule has 156 valence electrons. The van der Waals surface area contributed by atoms with Crippen LogP contribution >= 0.6 is 7.60 Å². The van der Waals surface area contributed by atoms with E-state index in [0.29, 0.717) is 5.56 Å². The summed E-state index contributed by atoms with van der Waals surface area (Å²) in [4.78, 5) is 34.7. The number of carbonyl (C=O) groups is 3. The topological polar surface area (TPSA) is 128 Å². The fraction of sp³-hybridized carbons (Fsp3) is 0.500. The highest BCUT2D eigenvalue weighted by Gasteiger charge is 2.25. The summed E-state index contributed by atoms with van der Waals surface area (Å²) in [6, 6.07) is 4.97. The van der Waals surface area contributed by atoms with Crippen LogP contribution in [-0.4, -0.2) is 49.3 Å². The third-order valence-electron chi connectivity index (χ3n) is 3.71. The molecule has 0 aliphatic heterocycles. The number of methoxy groups -OCH3 is 1. The quantitative estimate of drug-likeness (QED) is 0.394. The van der Waals surface area contributed by atoms with Gasteiger partial charge in [0, 0.05) is 12.0 Å². The van der Waals surface area contributed by atoms with Crippen molar-refractivity contribution in [3.05, 3.63) is 35.4 Å². The number of nitrogens with one attached hydrogen (secondary N) is 1. The molecule has 28 heavy (non-hydrogen) atoms. The molecule has 1 aromatic rings. The average molecular weight is 415 g/mol. The maximum absolute atomic E-state index is 12.5. The van der Waals surface area contributed by atoms with Crippen molar-refractivity contribution in [3.63, 3.8) is 0 Å². The highest BCUT2D eigenvalue weighted by Crippen LogP contribution is 2.51. The lowest BCUT2D eigenvalue weighted by molar-refractivity contribution is -0.142. The maximum Gasteiger partial charge on any atom is 0.335 e. The van der Waals surface area contributed by atoms with Gasteiger partial charge in [0.25, 0.3) is 5.91 Å². The van der Waals surface area contributed by atoms with Crippen LogP contribution in [0.5, 0.6) is 0 Å². The summed E-state index contributed by atoms with van der Waals surface area (Å²) in [7, 11) is -2.06. The van der Waals surface area contributed by atoms with Crippen molar-refractivity contribution >= 4 is 25.4 Å². The zero-order chi connectivity index (χ0) is 21.2. The van der Waals surface area contributed by atoms with Crippen LogP contribution in [0.3, 0.4) is 0 Å². The van der Waals surface area contributed by atoms with Gasteiger partial charge >= 0.3 is 19.5 Å². The molecule has 0 aliphatic carbocycles. The Morgan fingerprint density at radius 1 is 1.11 bits per heavy atom. The molecular weight excluding hydrogens is 389 g/mol. The second-order valence-corrected chi connectivity index (χ2v) is 7.84. The molecule has 0 aromatic heterocycles. The molecule has 1 amide bonds. The molecule has 0 unspecified atom stereocenters. The normalized spacial score (nSPS) is 12.2. The molecule has 1 aromatic carbocycles. The van der Waals surface area contributed by atoms with Crippen LogP contribution in [0.15, 0.2) is 24.3 Å². The molecule has 10 heteroatoms. The second kappa shape index (κ2) is 11.6. The van der Waals surface area contributed by atoms with Gasteiger partial charge in [0.1, 0.15) is 6.04 Å². The van der Waals surface area contributed by atoms with E-state index >= 15 is 0 Å². The summed E-state index contributed by atoms with van der Waals surface area (Å²) < 4.78 is 27.5. The molecule has 0 saturated heterocycles. The summed E-state index contributed by atoms with van der Waals surface area (Å²) in [6.45, 7) is 3.94. The average Bonchev–Trinajstić information content (AvgIpc) is 2.65. The lowest BCUT2D eigenvalue weighted by atomic mass is 10.1. The Morgan fingerprint density at radius 2 is 1.68 bits per heavy atom. The zero-order valence-electron chi connectivity index (χ0n) is 16.2. The van der Waals surface area contributed by atoms with Gasteiger partial charge in [-0.25, -0.2) is 4.79 Å². The van der Waals surface area contributed by atoms with E-state index in [9.17, 15) is 24.1 Å². The van der Waals surface area contributed by atoms with E-state index in [4.69, 9.17) is 9.05 Å². The van der Waals surface area contributed by atoms with Crippen LogP contribution in [0.1, 0.15) is 42.6 Å². The van der Waals surface area contributed by atoms with Crippen LogP contribution in [0, 0.1) is 0 Å². The number of aliphatic carboxylic acids is 1. The third-order valence-corrected chi connectivity index (χ3v) is 5.77. The smallest absolute Gasteiger partial charge is 0.335 e. The molecule has 0 saturated carbocycles. The summed E-state index contributed by atoms with van der Waals surface area (Å²) >= 11 is 0. The highest BCUT2D eigenvalue weighted by molar-refractivity contribution is 7.53. The van der Waals surface area contributed by atoms with Gasteiger partial charge in [0.05, 0.1) is 26.5 Å². The monoisotopic (exact) mass is 415 g/mol. The van der Waals surface area contributed by atoms with E-state index in [1.165, 1.54) is 19.2 Å². The van der Waals surface area contributed by atoms with Gasteiger partial charge in [0.15, 0.2) is 0 Å². The maximum atomic E-state index is 12.5. The molecule has 0 heterocycles. The van der Waals surface area contributed by atoms with Crippen molar-refractivity contribution in [3.8, 4) is 0 Å². The largest absolute Gasteiger partial charge is 0.480 e. The Labute approximate surface area is 163 Å². The van der Waals surface area contributed by atoms with Crippen LogP contribution in [-0.2, 0) is 34.1 Å². The summed E-state index contributed by atoms with van der Waals surface area (Å²) in [5.74, 6) is -2.40. The fourth-order valence-corrected chi connectivity index (χ4v) is 4.07. The van der Waals surface area contributed by atoms with E-state index in [0.717, 1.165) is 0 Å². The Balaban J connectivity index is 2.77. The minimum atomic E-state index is -3.26. The fourth-order valence-electron chi connectivity index (χ4n) is 2.37. The van der Waals surface area contributed by atoms with E-state index in [1.54, 1.807) is 26.0 Å². The Bertz CT molecular complexity index is 709. The predicted octanol–water partition coefficient (Wildman–Crippen LogP) is 2.59. The zero-order valence-corrected chi connectivity index (χ0v) is 17.1. The number of rotatable bonds is 12. The van der Waals surface area contributed by atoms with Crippen molar-refractivity contribution in [1.82, 2.24) is 5.32 Å². The molecule has 0 spiro atoms. The summed E-state index contributed by atoms with van der Waals surface area (Å²) in [5, 5.41) is 11.6. The van der Waals surface area contributed by atoms with E-state index in [1.807, 2.05) is 0 Å². The van der Waals surface area contributed by atoms with Crippen molar-refractivity contribution in [2.45, 2.75) is 38.9 Å². The minimum absolute atomic E-state index is 0.0630. The Kier molecular flexibility index (Phi) is 9.85. The van der Waals surface area contributed by atoms with Gasteiger partial charge < -0.3 is 24.2 Å². The predicted molar refractivity (Wildman–Crippen MR) is 101 cm³/mol. The van der Waals surface area contributed by atoms with Crippen molar-refractivity contribution < 1.29 is 37.8 Å². The van der Waals surface area contributed by atoms with Gasteiger partial charge in [-0.15, -0.1) is 0 Å². The first-order chi connectivity index (χ1) is 13.2. The molecule has 1 rings (SSSR count). The van der Waals surface area contributed by atoms with E-state index in [2.05, 4.69) is 10.1 Å². The van der Waals surface area contributed by atoms with Crippen LogP contribution in [0.2, 0.25) is 0 Å².